The monoisotopic (exact) mass is 280 g/mol. The second-order valence-corrected chi connectivity index (χ2v) is 5.97. The minimum absolute atomic E-state index is 0.0571. The van der Waals surface area contributed by atoms with Crippen LogP contribution < -0.4 is 5.32 Å². The fourth-order valence-corrected chi connectivity index (χ4v) is 2.09. The van der Waals surface area contributed by atoms with Gasteiger partial charge in [-0.3, -0.25) is 4.79 Å². The predicted molar refractivity (Wildman–Crippen MR) is 77.0 cm³/mol. The van der Waals surface area contributed by atoms with Crippen LogP contribution in [0.25, 0.3) is 0 Å². The fourth-order valence-electron chi connectivity index (χ4n) is 2.09. The van der Waals surface area contributed by atoms with Crippen LogP contribution in [0.4, 0.5) is 4.79 Å². The summed E-state index contributed by atoms with van der Waals surface area (Å²) in [5, 5.41) is 2.85. The van der Waals surface area contributed by atoms with Gasteiger partial charge in [-0.1, -0.05) is 5.92 Å². The largest absolute Gasteiger partial charge is 0.444 e. The first kappa shape index (κ1) is 16.4. The van der Waals surface area contributed by atoms with Crippen LogP contribution in [0.15, 0.2) is 0 Å². The lowest BCUT2D eigenvalue weighted by Crippen LogP contribution is -2.45. The van der Waals surface area contributed by atoms with E-state index in [0.29, 0.717) is 13.1 Å². The van der Waals surface area contributed by atoms with Crippen LogP contribution >= 0.6 is 0 Å². The molecule has 1 N–H and O–H groups in total. The maximum atomic E-state index is 12.1. The van der Waals surface area contributed by atoms with Crippen LogP contribution in [-0.2, 0) is 9.53 Å². The van der Waals surface area contributed by atoms with E-state index in [2.05, 4.69) is 17.2 Å². The van der Waals surface area contributed by atoms with Crippen LogP contribution in [0.5, 0.6) is 0 Å². The van der Waals surface area contributed by atoms with Gasteiger partial charge in [0.15, 0.2) is 0 Å². The van der Waals surface area contributed by atoms with Crippen molar-refractivity contribution in [3.8, 4) is 11.8 Å². The summed E-state index contributed by atoms with van der Waals surface area (Å²) in [6.07, 6.45) is 2.44. The number of nitrogens with one attached hydrogen (secondary N) is 1. The summed E-state index contributed by atoms with van der Waals surface area (Å²) < 4.78 is 5.38. The molecule has 5 heteroatoms. The average Bonchev–Trinajstić information content (AvgIpc) is 2.52. The highest BCUT2D eigenvalue weighted by Gasteiger charge is 2.26. The minimum atomic E-state index is -0.504. The predicted octanol–water partition coefficient (Wildman–Crippen LogP) is 1.92. The fraction of sp³-hybridized carbons (Fsp3) is 0.733. The Morgan fingerprint density at radius 1 is 1.30 bits per heavy atom. The summed E-state index contributed by atoms with van der Waals surface area (Å²) in [4.78, 5) is 25.3. The van der Waals surface area contributed by atoms with Crippen LogP contribution in [0.3, 0.4) is 0 Å². The van der Waals surface area contributed by atoms with Crippen LogP contribution in [0.2, 0.25) is 0 Å². The Labute approximate surface area is 121 Å². The van der Waals surface area contributed by atoms with Crippen molar-refractivity contribution >= 4 is 12.0 Å². The molecular formula is C15H24N2O3. The van der Waals surface area contributed by atoms with E-state index < -0.39 is 5.60 Å². The van der Waals surface area contributed by atoms with E-state index in [0.717, 1.165) is 19.3 Å². The van der Waals surface area contributed by atoms with E-state index in [1.54, 1.807) is 11.8 Å². The number of likely N-dealkylation sites (tertiary alicyclic amines) is 1. The second kappa shape index (κ2) is 7.18. The highest BCUT2D eigenvalue weighted by atomic mass is 16.6. The summed E-state index contributed by atoms with van der Waals surface area (Å²) in [7, 11) is 0. The molecule has 1 rings (SSSR count). The molecule has 0 saturated carbocycles. The van der Waals surface area contributed by atoms with E-state index >= 15 is 0 Å². The highest BCUT2D eigenvalue weighted by Crippen LogP contribution is 2.15. The van der Waals surface area contributed by atoms with Gasteiger partial charge in [0.05, 0.1) is 0 Å². The van der Waals surface area contributed by atoms with Gasteiger partial charge in [0.25, 0.3) is 5.91 Å². The quantitative estimate of drug-likeness (QED) is 0.746. The zero-order valence-electron chi connectivity index (χ0n) is 12.8. The number of carbonyl (C=O) groups is 2. The van der Waals surface area contributed by atoms with Crippen LogP contribution in [0.1, 0.15) is 47.0 Å². The smallest absolute Gasteiger partial charge is 0.410 e. The Balaban J connectivity index is 2.61. The topological polar surface area (TPSA) is 58.6 Å². The van der Waals surface area contributed by atoms with E-state index in [1.165, 1.54) is 0 Å². The summed E-state index contributed by atoms with van der Waals surface area (Å²) in [6, 6.07) is -0.0571. The van der Waals surface area contributed by atoms with Gasteiger partial charge in [-0.2, -0.15) is 0 Å². The molecule has 1 aliphatic rings. The van der Waals surface area contributed by atoms with Crippen molar-refractivity contribution in [3.63, 3.8) is 0 Å². The summed E-state index contributed by atoms with van der Waals surface area (Å²) >= 11 is 0. The van der Waals surface area contributed by atoms with Crippen molar-refractivity contribution < 1.29 is 14.3 Å². The molecule has 0 aromatic rings. The number of rotatable bonds is 1. The Morgan fingerprint density at radius 3 is 2.60 bits per heavy atom. The third kappa shape index (κ3) is 5.96. The van der Waals surface area contributed by atoms with Crippen molar-refractivity contribution in [2.24, 2.45) is 0 Å². The van der Waals surface area contributed by atoms with Crippen molar-refractivity contribution in [2.45, 2.75) is 58.6 Å². The molecule has 0 aromatic heterocycles. The number of nitrogens with zero attached hydrogens (tertiary/aromatic N) is 1. The zero-order valence-corrected chi connectivity index (χ0v) is 12.8. The molecule has 1 saturated heterocycles. The maximum absolute atomic E-state index is 12.1. The molecule has 5 nitrogen and oxygen atoms in total. The van der Waals surface area contributed by atoms with E-state index in [1.807, 2.05) is 20.8 Å². The van der Waals surface area contributed by atoms with E-state index in [4.69, 9.17) is 4.74 Å². The first-order valence-electron chi connectivity index (χ1n) is 7.03. The van der Waals surface area contributed by atoms with Gasteiger partial charge in [0, 0.05) is 19.1 Å². The minimum Gasteiger partial charge on any atom is -0.444 e. The third-order valence-electron chi connectivity index (χ3n) is 2.90. The molecule has 0 bridgehead atoms. The molecule has 0 unspecified atom stereocenters. The normalized spacial score (nSPS) is 19.4. The molecule has 1 heterocycles. The molecular weight excluding hydrogens is 256 g/mol. The number of hydrogen-bond donors (Lipinski definition) is 1. The average molecular weight is 280 g/mol. The summed E-state index contributed by atoms with van der Waals surface area (Å²) in [5.41, 5.74) is -0.504. The van der Waals surface area contributed by atoms with Gasteiger partial charge < -0.3 is 15.0 Å². The molecule has 1 aliphatic heterocycles. The number of hydrogen-bond acceptors (Lipinski definition) is 3. The Hall–Kier alpha value is -1.70. The van der Waals surface area contributed by atoms with Crippen LogP contribution in [0, 0.1) is 11.8 Å². The molecule has 20 heavy (non-hydrogen) atoms. The molecule has 0 aliphatic carbocycles. The molecule has 0 spiro atoms. The first-order chi connectivity index (χ1) is 9.31. The lowest BCUT2D eigenvalue weighted by atomic mass is 10.1. The lowest BCUT2D eigenvalue weighted by molar-refractivity contribution is -0.116. The molecule has 1 fully saturated rings. The Kier molecular flexibility index (Phi) is 5.87. The highest BCUT2D eigenvalue weighted by molar-refractivity contribution is 5.93. The van der Waals surface area contributed by atoms with Crippen LogP contribution in [-0.4, -0.2) is 41.6 Å². The van der Waals surface area contributed by atoms with Gasteiger partial charge in [-0.25, -0.2) is 4.79 Å². The molecule has 1 atom stereocenters. The Morgan fingerprint density at radius 2 is 2.00 bits per heavy atom. The van der Waals surface area contributed by atoms with Gasteiger partial charge in [-0.05, 0) is 52.9 Å². The first-order valence-corrected chi connectivity index (χ1v) is 7.03. The standard InChI is InChI=1S/C15H24N2O3/c1-5-8-13(18)16-12-9-6-7-10-17(11-12)14(19)20-15(2,3)4/h12H,6-7,9-11H2,1-4H3,(H,16,18)/t12-/m0/s1. The second-order valence-electron chi connectivity index (χ2n) is 5.97. The number of amides is 2. The lowest BCUT2D eigenvalue weighted by Gasteiger charge is -2.28. The van der Waals surface area contributed by atoms with Gasteiger partial charge in [0.1, 0.15) is 5.60 Å². The van der Waals surface area contributed by atoms with E-state index in [9.17, 15) is 9.59 Å². The van der Waals surface area contributed by atoms with Crippen molar-refractivity contribution in [3.05, 3.63) is 0 Å². The molecule has 112 valence electrons. The molecule has 0 aromatic carbocycles. The molecule has 0 radical (unpaired) electrons. The van der Waals surface area contributed by atoms with Gasteiger partial charge in [-0.15, -0.1) is 0 Å². The third-order valence-corrected chi connectivity index (χ3v) is 2.90. The van der Waals surface area contributed by atoms with Crippen molar-refractivity contribution in [1.29, 1.82) is 0 Å². The Bertz CT molecular complexity index is 415. The van der Waals surface area contributed by atoms with Gasteiger partial charge in [0.2, 0.25) is 0 Å². The van der Waals surface area contributed by atoms with Gasteiger partial charge >= 0.3 is 6.09 Å². The van der Waals surface area contributed by atoms with Crippen molar-refractivity contribution in [2.75, 3.05) is 13.1 Å². The zero-order chi connectivity index (χ0) is 15.2. The number of ether oxygens (including phenoxy) is 1. The van der Waals surface area contributed by atoms with E-state index in [-0.39, 0.29) is 18.0 Å². The SMILES string of the molecule is CC#CC(=O)N[C@H]1CCCCN(C(=O)OC(C)(C)C)C1. The van der Waals surface area contributed by atoms with Crippen molar-refractivity contribution in [1.82, 2.24) is 10.2 Å². The summed E-state index contributed by atoms with van der Waals surface area (Å²) in [6.45, 7) is 8.31. The number of carbonyl (C=O) groups excluding carboxylic acids is 2. The molecule has 2 amide bonds. The maximum Gasteiger partial charge on any atom is 0.410 e. The summed E-state index contributed by atoms with van der Waals surface area (Å²) in [5.74, 6) is 4.74.